The Morgan fingerprint density at radius 3 is 2.42 bits per heavy atom. The molecule has 0 fully saturated rings. The second-order valence-electron chi connectivity index (χ2n) is 4.81. The van der Waals surface area contributed by atoms with Gasteiger partial charge in [-0.25, -0.2) is 9.18 Å². The fourth-order valence-electron chi connectivity index (χ4n) is 2.07. The van der Waals surface area contributed by atoms with Crippen molar-refractivity contribution < 1.29 is 19.0 Å². The maximum absolute atomic E-state index is 13.1. The van der Waals surface area contributed by atoms with Crippen LogP contribution >= 0.6 is 15.9 Å². The zero-order valence-electron chi connectivity index (χ0n) is 12.8. The Hall–Kier alpha value is -2.47. The van der Waals surface area contributed by atoms with Gasteiger partial charge >= 0.3 is 5.97 Å². The summed E-state index contributed by atoms with van der Waals surface area (Å²) in [4.78, 5) is 12.3. The molecule has 6 heteroatoms. The number of hydrogen-bond donors (Lipinski definition) is 2. The lowest BCUT2D eigenvalue weighted by molar-refractivity contribution is -0.137. The van der Waals surface area contributed by atoms with Crippen LogP contribution in [0.3, 0.4) is 0 Å². The van der Waals surface area contributed by atoms with Crippen molar-refractivity contribution in [3.63, 3.8) is 0 Å². The van der Waals surface area contributed by atoms with Gasteiger partial charge in [0.05, 0.1) is 12.3 Å². The summed E-state index contributed by atoms with van der Waals surface area (Å²) in [5.74, 6) is -1.65. The van der Waals surface area contributed by atoms with Gasteiger partial charge in [-0.3, -0.25) is 5.41 Å². The lowest BCUT2D eigenvalue weighted by Gasteiger charge is -2.13. The Labute approximate surface area is 147 Å². The Balaban J connectivity index is 2.58. The largest absolute Gasteiger partial charge is 0.506 e. The second-order valence-corrected chi connectivity index (χ2v) is 5.66. The predicted octanol–water partition coefficient (Wildman–Crippen LogP) is 4.49. The first-order chi connectivity index (χ1) is 11.5. The highest BCUT2D eigenvalue weighted by Crippen LogP contribution is 2.27. The SMILES string of the molecule is CCOC(=O)C(C(=N)c1ccc(F)cc1)=C(O)c1ccccc1Br. The van der Waals surface area contributed by atoms with Crippen molar-refractivity contribution in [3.8, 4) is 0 Å². The lowest BCUT2D eigenvalue weighted by atomic mass is 9.98. The molecule has 0 heterocycles. The number of hydrogen-bond acceptors (Lipinski definition) is 4. The molecular formula is C18H15BrFNO3. The third-order valence-electron chi connectivity index (χ3n) is 3.23. The molecule has 2 aromatic rings. The molecule has 0 bridgehead atoms. The van der Waals surface area contributed by atoms with Crippen LogP contribution in [0, 0.1) is 11.2 Å². The Kier molecular flexibility index (Phi) is 5.87. The average molecular weight is 392 g/mol. The van der Waals surface area contributed by atoms with E-state index in [2.05, 4.69) is 15.9 Å². The first kappa shape index (κ1) is 17.9. The van der Waals surface area contributed by atoms with Crippen LogP contribution in [0.4, 0.5) is 4.39 Å². The minimum atomic E-state index is -0.819. The molecular weight excluding hydrogens is 377 g/mol. The summed E-state index contributed by atoms with van der Waals surface area (Å²) in [6, 6.07) is 11.9. The van der Waals surface area contributed by atoms with Gasteiger partial charge in [0.15, 0.2) is 0 Å². The molecule has 0 aliphatic rings. The van der Waals surface area contributed by atoms with Crippen molar-refractivity contribution >= 4 is 33.4 Å². The van der Waals surface area contributed by atoms with Crippen molar-refractivity contribution in [2.24, 2.45) is 0 Å². The van der Waals surface area contributed by atoms with Gasteiger partial charge in [0.25, 0.3) is 0 Å². The molecule has 0 saturated carbocycles. The molecule has 0 amide bonds. The number of ether oxygens (including phenoxy) is 1. The molecule has 0 unspecified atom stereocenters. The van der Waals surface area contributed by atoms with Crippen molar-refractivity contribution in [2.45, 2.75) is 6.92 Å². The van der Waals surface area contributed by atoms with Crippen molar-refractivity contribution in [2.75, 3.05) is 6.61 Å². The normalized spacial score (nSPS) is 11.6. The van der Waals surface area contributed by atoms with E-state index in [0.29, 0.717) is 10.0 Å². The summed E-state index contributed by atoms with van der Waals surface area (Å²) in [6.07, 6.45) is 0. The average Bonchev–Trinajstić information content (AvgIpc) is 2.56. The number of nitrogens with one attached hydrogen (secondary N) is 1. The molecule has 124 valence electrons. The maximum Gasteiger partial charge on any atom is 0.344 e. The summed E-state index contributed by atoms with van der Waals surface area (Å²) in [5.41, 5.74) is 0.113. The number of aliphatic hydroxyl groups is 1. The van der Waals surface area contributed by atoms with Gasteiger partial charge < -0.3 is 9.84 Å². The van der Waals surface area contributed by atoms with E-state index >= 15 is 0 Å². The molecule has 2 aromatic carbocycles. The van der Waals surface area contributed by atoms with Crippen molar-refractivity contribution in [3.05, 3.63) is 75.5 Å². The van der Waals surface area contributed by atoms with Crippen LogP contribution in [0.25, 0.3) is 5.76 Å². The number of rotatable bonds is 5. The van der Waals surface area contributed by atoms with Gasteiger partial charge in [-0.2, -0.15) is 0 Å². The topological polar surface area (TPSA) is 70.4 Å². The molecule has 24 heavy (non-hydrogen) atoms. The first-order valence-electron chi connectivity index (χ1n) is 7.15. The lowest BCUT2D eigenvalue weighted by Crippen LogP contribution is -2.18. The summed E-state index contributed by atoms with van der Waals surface area (Å²) < 4.78 is 18.6. The molecule has 2 N–H and O–H groups in total. The van der Waals surface area contributed by atoms with E-state index in [-0.39, 0.29) is 29.2 Å². The number of carbonyl (C=O) groups excluding carboxylic acids is 1. The van der Waals surface area contributed by atoms with Gasteiger partial charge in [-0.15, -0.1) is 0 Å². The molecule has 4 nitrogen and oxygen atoms in total. The summed E-state index contributed by atoms with van der Waals surface area (Å²) in [6.45, 7) is 1.73. The highest BCUT2D eigenvalue weighted by Gasteiger charge is 2.24. The summed E-state index contributed by atoms with van der Waals surface area (Å²) in [7, 11) is 0. The smallest absolute Gasteiger partial charge is 0.344 e. The first-order valence-corrected chi connectivity index (χ1v) is 7.95. The van der Waals surface area contributed by atoms with E-state index in [1.54, 1.807) is 31.2 Å². The second kappa shape index (κ2) is 7.88. The zero-order valence-corrected chi connectivity index (χ0v) is 14.4. The van der Waals surface area contributed by atoms with Crippen LogP contribution in [-0.4, -0.2) is 23.4 Å². The quantitative estimate of drug-likeness (QED) is 0.341. The van der Waals surface area contributed by atoms with E-state index in [9.17, 15) is 14.3 Å². The van der Waals surface area contributed by atoms with Crippen LogP contribution in [-0.2, 0) is 9.53 Å². The standard InChI is InChI=1S/C18H15BrFNO3/c1-2-24-18(23)15(16(21)11-7-9-12(20)10-8-11)17(22)13-5-3-4-6-14(13)19/h3-10,21-22H,2H2,1H3. The van der Waals surface area contributed by atoms with Crippen molar-refractivity contribution in [1.82, 2.24) is 0 Å². The predicted molar refractivity (Wildman–Crippen MR) is 93.6 cm³/mol. The Bertz CT molecular complexity index is 800. The van der Waals surface area contributed by atoms with Gasteiger partial charge in [0, 0.05) is 15.6 Å². The van der Waals surface area contributed by atoms with Crippen LogP contribution in [0.1, 0.15) is 18.1 Å². The van der Waals surface area contributed by atoms with Crippen LogP contribution < -0.4 is 0 Å². The van der Waals surface area contributed by atoms with E-state index in [0.717, 1.165) is 0 Å². The van der Waals surface area contributed by atoms with Gasteiger partial charge in [-0.1, -0.05) is 34.1 Å². The third kappa shape index (κ3) is 3.89. The van der Waals surface area contributed by atoms with Crippen LogP contribution in [0.15, 0.2) is 58.6 Å². The van der Waals surface area contributed by atoms with Crippen LogP contribution in [0.2, 0.25) is 0 Å². The van der Waals surface area contributed by atoms with E-state index in [1.807, 2.05) is 0 Å². The summed E-state index contributed by atoms with van der Waals surface area (Å²) >= 11 is 3.30. The minimum absolute atomic E-state index is 0.0995. The molecule has 0 spiro atoms. The van der Waals surface area contributed by atoms with E-state index in [1.165, 1.54) is 24.3 Å². The number of aliphatic hydroxyl groups excluding tert-OH is 1. The highest BCUT2D eigenvalue weighted by molar-refractivity contribution is 9.10. The molecule has 0 aromatic heterocycles. The minimum Gasteiger partial charge on any atom is -0.506 e. The highest BCUT2D eigenvalue weighted by atomic mass is 79.9. The molecule has 0 aliphatic heterocycles. The number of benzene rings is 2. The zero-order chi connectivity index (χ0) is 17.7. The Morgan fingerprint density at radius 2 is 1.83 bits per heavy atom. The molecule has 0 saturated heterocycles. The number of carbonyl (C=O) groups is 1. The molecule has 0 radical (unpaired) electrons. The number of esters is 1. The fourth-order valence-corrected chi connectivity index (χ4v) is 2.54. The van der Waals surface area contributed by atoms with Gasteiger partial charge in [0.2, 0.25) is 0 Å². The van der Waals surface area contributed by atoms with E-state index in [4.69, 9.17) is 10.1 Å². The third-order valence-corrected chi connectivity index (χ3v) is 3.92. The Morgan fingerprint density at radius 1 is 1.21 bits per heavy atom. The monoisotopic (exact) mass is 391 g/mol. The molecule has 0 atom stereocenters. The molecule has 0 aliphatic carbocycles. The number of halogens is 2. The maximum atomic E-state index is 13.1. The van der Waals surface area contributed by atoms with Crippen molar-refractivity contribution in [1.29, 1.82) is 5.41 Å². The fraction of sp³-hybridized carbons (Fsp3) is 0.111. The van der Waals surface area contributed by atoms with E-state index < -0.39 is 11.8 Å². The summed E-state index contributed by atoms with van der Waals surface area (Å²) in [5, 5.41) is 18.8. The van der Waals surface area contributed by atoms with Gasteiger partial charge in [0.1, 0.15) is 17.1 Å². The molecule has 2 rings (SSSR count). The van der Waals surface area contributed by atoms with Gasteiger partial charge in [-0.05, 0) is 37.3 Å². The van der Waals surface area contributed by atoms with Crippen LogP contribution in [0.5, 0.6) is 0 Å².